The van der Waals surface area contributed by atoms with Crippen molar-refractivity contribution in [2.24, 2.45) is 0 Å². The number of carbonyl (C=O) groups excluding carboxylic acids is 1. The number of imidazole rings is 1. The van der Waals surface area contributed by atoms with Crippen LogP contribution in [0.15, 0.2) is 54.7 Å². The monoisotopic (exact) mass is 459 g/mol. The molecule has 8 nitrogen and oxygen atoms in total. The molecule has 4 rings (SSSR count). The molecule has 4 aromatic rings. The Kier molecular flexibility index (Phi) is 7.08. The number of aromatic amines is 1. The number of hydrogen-bond acceptors (Lipinski definition) is 6. The normalized spacial score (nSPS) is 11.2. The van der Waals surface area contributed by atoms with Crippen molar-refractivity contribution in [3.05, 3.63) is 60.3 Å². The summed E-state index contributed by atoms with van der Waals surface area (Å²) in [5.74, 6) is 0.982. The van der Waals surface area contributed by atoms with Gasteiger partial charge in [0.15, 0.2) is 0 Å². The van der Waals surface area contributed by atoms with Gasteiger partial charge in [-0.05, 0) is 61.1 Å². The number of ether oxygens (including phenoxy) is 1. The van der Waals surface area contributed by atoms with Gasteiger partial charge < -0.3 is 25.0 Å². The van der Waals surface area contributed by atoms with E-state index in [9.17, 15) is 9.90 Å². The van der Waals surface area contributed by atoms with Crippen molar-refractivity contribution in [1.29, 1.82) is 0 Å². The molecule has 34 heavy (non-hydrogen) atoms. The highest BCUT2D eigenvalue weighted by molar-refractivity contribution is 5.97. The number of benzene rings is 2. The first-order valence-electron chi connectivity index (χ1n) is 11.4. The molecule has 0 aliphatic rings. The number of phenolic OH excluding ortho intramolecular Hbond substituents is 1. The minimum Gasteiger partial charge on any atom is -0.507 e. The number of methoxy groups -OCH3 is 1. The summed E-state index contributed by atoms with van der Waals surface area (Å²) in [5.41, 5.74) is 4.18. The van der Waals surface area contributed by atoms with Gasteiger partial charge in [-0.15, -0.1) is 0 Å². The van der Waals surface area contributed by atoms with E-state index in [1.54, 1.807) is 37.6 Å². The van der Waals surface area contributed by atoms with Gasteiger partial charge in [0.05, 0.1) is 23.7 Å². The molecule has 2 heterocycles. The number of phenols is 1. The minimum absolute atomic E-state index is 0.0973. The van der Waals surface area contributed by atoms with E-state index in [2.05, 4.69) is 39.0 Å². The molecule has 0 bridgehead atoms. The predicted molar refractivity (Wildman–Crippen MR) is 133 cm³/mol. The van der Waals surface area contributed by atoms with Crippen LogP contribution in [-0.2, 0) is 0 Å². The number of nitrogens with zero attached hydrogens (tertiary/aromatic N) is 3. The van der Waals surface area contributed by atoms with Crippen molar-refractivity contribution >= 4 is 16.9 Å². The molecule has 0 saturated heterocycles. The van der Waals surface area contributed by atoms with E-state index in [1.807, 2.05) is 24.3 Å². The van der Waals surface area contributed by atoms with Crippen LogP contribution in [0.4, 0.5) is 0 Å². The molecular weight excluding hydrogens is 430 g/mol. The van der Waals surface area contributed by atoms with Crippen molar-refractivity contribution < 1.29 is 14.6 Å². The van der Waals surface area contributed by atoms with Gasteiger partial charge in [-0.25, -0.2) is 9.97 Å². The first-order valence-corrected chi connectivity index (χ1v) is 11.4. The number of aromatic nitrogens is 3. The van der Waals surface area contributed by atoms with Crippen LogP contribution >= 0.6 is 0 Å². The topological polar surface area (TPSA) is 103 Å². The van der Waals surface area contributed by atoms with Gasteiger partial charge in [0.25, 0.3) is 5.91 Å². The fourth-order valence-corrected chi connectivity index (χ4v) is 3.91. The lowest BCUT2D eigenvalue weighted by atomic mass is 10.0. The average molecular weight is 460 g/mol. The number of hydrogen-bond donors (Lipinski definition) is 3. The number of nitrogens with one attached hydrogen (secondary N) is 2. The Bertz CT molecular complexity index is 1300. The second kappa shape index (κ2) is 10.4. The van der Waals surface area contributed by atoms with Gasteiger partial charge in [-0.2, -0.15) is 0 Å². The number of fused-ring (bicyclic) bond motifs is 1. The van der Waals surface area contributed by atoms with Gasteiger partial charge in [0.2, 0.25) is 5.88 Å². The lowest BCUT2D eigenvalue weighted by Crippen LogP contribution is -2.34. The molecule has 8 heteroatoms. The van der Waals surface area contributed by atoms with Gasteiger partial charge in [0.1, 0.15) is 11.6 Å². The third-order valence-corrected chi connectivity index (χ3v) is 5.88. The third-order valence-electron chi connectivity index (χ3n) is 5.88. The van der Waals surface area contributed by atoms with E-state index in [-0.39, 0.29) is 11.7 Å². The SMILES string of the molecule is CCN(CC)CCNC(=O)c1ccc2nc(-c3cc(-c4cccnc4OC)ccc3O)[nH]c2c1. The molecule has 0 saturated carbocycles. The van der Waals surface area contributed by atoms with E-state index < -0.39 is 0 Å². The van der Waals surface area contributed by atoms with Crippen LogP contribution < -0.4 is 10.1 Å². The van der Waals surface area contributed by atoms with E-state index in [1.165, 1.54) is 0 Å². The molecule has 0 atom stereocenters. The van der Waals surface area contributed by atoms with Crippen LogP contribution in [0, 0.1) is 0 Å². The standard InChI is InChI=1S/C26H29N5O3/c1-4-31(5-2)14-13-27-25(33)18-8-10-21-22(16-18)30-24(29-21)20-15-17(9-11-23(20)32)19-7-6-12-28-26(19)34-3/h6-12,15-16,32H,4-5,13-14H2,1-3H3,(H,27,33)(H,29,30). The highest BCUT2D eigenvalue weighted by atomic mass is 16.5. The Hall–Kier alpha value is -3.91. The molecule has 1 amide bonds. The number of rotatable bonds is 9. The molecule has 2 aromatic heterocycles. The van der Waals surface area contributed by atoms with E-state index in [0.29, 0.717) is 34.9 Å². The van der Waals surface area contributed by atoms with Crippen LogP contribution in [0.2, 0.25) is 0 Å². The van der Waals surface area contributed by atoms with Crippen LogP contribution in [0.25, 0.3) is 33.5 Å². The molecule has 0 spiro atoms. The van der Waals surface area contributed by atoms with Crippen molar-refractivity contribution in [3.8, 4) is 34.1 Å². The zero-order valence-electron chi connectivity index (χ0n) is 19.6. The number of amides is 1. The van der Waals surface area contributed by atoms with Gasteiger partial charge >= 0.3 is 0 Å². The Balaban J connectivity index is 1.59. The summed E-state index contributed by atoms with van der Waals surface area (Å²) >= 11 is 0. The molecule has 0 radical (unpaired) electrons. The summed E-state index contributed by atoms with van der Waals surface area (Å²) in [7, 11) is 1.57. The molecule has 0 fully saturated rings. The third kappa shape index (κ3) is 4.87. The van der Waals surface area contributed by atoms with E-state index in [4.69, 9.17) is 4.74 Å². The number of H-pyrrole nitrogens is 1. The molecule has 0 aliphatic heterocycles. The first-order chi connectivity index (χ1) is 16.5. The Morgan fingerprint density at radius 3 is 2.71 bits per heavy atom. The summed E-state index contributed by atoms with van der Waals surface area (Å²) in [6.07, 6.45) is 1.67. The number of pyridine rings is 1. The Morgan fingerprint density at radius 1 is 1.12 bits per heavy atom. The highest BCUT2D eigenvalue weighted by Crippen LogP contribution is 2.35. The van der Waals surface area contributed by atoms with Crippen LogP contribution in [-0.4, -0.2) is 64.2 Å². The summed E-state index contributed by atoms with van der Waals surface area (Å²) < 4.78 is 5.38. The van der Waals surface area contributed by atoms with Crippen LogP contribution in [0.3, 0.4) is 0 Å². The number of carbonyl (C=O) groups is 1. The van der Waals surface area contributed by atoms with Crippen molar-refractivity contribution in [2.45, 2.75) is 13.8 Å². The Morgan fingerprint density at radius 2 is 1.94 bits per heavy atom. The summed E-state index contributed by atoms with van der Waals surface area (Å²) in [5, 5.41) is 13.5. The largest absolute Gasteiger partial charge is 0.507 e. The maximum atomic E-state index is 12.6. The smallest absolute Gasteiger partial charge is 0.251 e. The van der Waals surface area contributed by atoms with Crippen LogP contribution in [0.1, 0.15) is 24.2 Å². The van der Waals surface area contributed by atoms with Gasteiger partial charge in [0, 0.05) is 30.4 Å². The van der Waals surface area contributed by atoms with Crippen molar-refractivity contribution in [1.82, 2.24) is 25.2 Å². The molecule has 176 valence electrons. The lowest BCUT2D eigenvalue weighted by Gasteiger charge is -2.17. The zero-order chi connectivity index (χ0) is 24.1. The fraction of sp³-hybridized carbons (Fsp3) is 0.269. The Labute approximate surface area is 198 Å². The van der Waals surface area contributed by atoms with Gasteiger partial charge in [-0.3, -0.25) is 4.79 Å². The second-order valence-electron chi connectivity index (χ2n) is 7.89. The maximum absolute atomic E-state index is 12.6. The molecular formula is C26H29N5O3. The first kappa shape index (κ1) is 23.3. The molecule has 0 aliphatic carbocycles. The maximum Gasteiger partial charge on any atom is 0.251 e. The lowest BCUT2D eigenvalue weighted by molar-refractivity contribution is 0.0949. The van der Waals surface area contributed by atoms with Gasteiger partial charge in [-0.1, -0.05) is 19.9 Å². The summed E-state index contributed by atoms with van der Waals surface area (Å²) in [6.45, 7) is 7.52. The summed E-state index contributed by atoms with van der Waals surface area (Å²) in [4.78, 5) is 27.0. The van der Waals surface area contributed by atoms with Crippen molar-refractivity contribution in [3.63, 3.8) is 0 Å². The second-order valence-corrected chi connectivity index (χ2v) is 7.89. The average Bonchev–Trinajstić information content (AvgIpc) is 3.30. The number of likely N-dealkylation sites (N-methyl/N-ethyl adjacent to an activating group) is 1. The highest BCUT2D eigenvalue weighted by Gasteiger charge is 2.15. The zero-order valence-corrected chi connectivity index (χ0v) is 19.6. The van der Waals surface area contributed by atoms with Crippen LogP contribution in [0.5, 0.6) is 11.6 Å². The van der Waals surface area contributed by atoms with Crippen molar-refractivity contribution in [2.75, 3.05) is 33.3 Å². The molecule has 3 N–H and O–H groups in total. The minimum atomic E-state index is -0.126. The predicted octanol–water partition coefficient (Wildman–Crippen LogP) is 4.08. The summed E-state index contributed by atoms with van der Waals surface area (Å²) in [6, 6.07) is 14.4. The van der Waals surface area contributed by atoms with E-state index in [0.717, 1.165) is 36.3 Å². The van der Waals surface area contributed by atoms with E-state index >= 15 is 0 Å². The number of aromatic hydroxyl groups is 1. The quantitative estimate of drug-likeness (QED) is 0.349. The fourth-order valence-electron chi connectivity index (χ4n) is 3.91. The molecule has 2 aromatic carbocycles. The molecule has 0 unspecified atom stereocenters.